The average molecular weight is 228 g/mol. The Morgan fingerprint density at radius 3 is 2.82 bits per heavy atom. The summed E-state index contributed by atoms with van der Waals surface area (Å²) in [5, 5.41) is 13.3. The van der Waals surface area contributed by atoms with Crippen molar-refractivity contribution < 1.29 is 14.4 Å². The van der Waals surface area contributed by atoms with E-state index in [4.69, 9.17) is 9.63 Å². The van der Waals surface area contributed by atoms with Gasteiger partial charge in [-0.1, -0.05) is 23.4 Å². The Morgan fingerprint density at radius 1 is 1.29 bits per heavy atom. The minimum Gasteiger partial charge on any atom is -0.476 e. The Morgan fingerprint density at radius 2 is 2.12 bits per heavy atom. The maximum absolute atomic E-state index is 10.7. The van der Waals surface area contributed by atoms with Crippen LogP contribution in [0.1, 0.15) is 10.5 Å². The zero-order valence-corrected chi connectivity index (χ0v) is 8.68. The van der Waals surface area contributed by atoms with Crippen LogP contribution >= 0.6 is 0 Å². The Bertz CT molecular complexity index is 663. The van der Waals surface area contributed by atoms with Crippen molar-refractivity contribution in [3.63, 3.8) is 0 Å². The number of aromatic nitrogens is 2. The summed E-state index contributed by atoms with van der Waals surface area (Å²) >= 11 is 0. The molecule has 2 N–H and O–H groups in total. The number of nitrogens with one attached hydrogen (secondary N) is 1. The van der Waals surface area contributed by atoms with Gasteiger partial charge < -0.3 is 14.6 Å². The standard InChI is InChI=1S/C12H8N2O3/c15-12(16)10-6-11(17-14-10)9-5-7-3-1-2-4-8(7)13-9/h1-6,13H,(H,15,16). The number of carboxylic acids is 1. The molecule has 0 atom stereocenters. The number of rotatable bonds is 2. The number of aromatic carboxylic acids is 1. The van der Waals surface area contributed by atoms with Gasteiger partial charge in [-0.05, 0) is 12.1 Å². The Labute approximate surface area is 95.7 Å². The fraction of sp³-hybridized carbons (Fsp3) is 0. The number of aromatic amines is 1. The number of benzene rings is 1. The van der Waals surface area contributed by atoms with Crippen LogP contribution in [-0.4, -0.2) is 21.2 Å². The highest BCUT2D eigenvalue weighted by atomic mass is 16.5. The van der Waals surface area contributed by atoms with Crippen molar-refractivity contribution in [2.45, 2.75) is 0 Å². The lowest BCUT2D eigenvalue weighted by atomic mass is 10.2. The monoisotopic (exact) mass is 228 g/mol. The van der Waals surface area contributed by atoms with Crippen molar-refractivity contribution in [2.24, 2.45) is 0 Å². The van der Waals surface area contributed by atoms with Gasteiger partial charge in [0.15, 0.2) is 11.5 Å². The molecule has 0 radical (unpaired) electrons. The molecule has 3 aromatic rings. The first-order valence-electron chi connectivity index (χ1n) is 5.02. The van der Waals surface area contributed by atoms with Gasteiger partial charge in [-0.2, -0.15) is 0 Å². The molecule has 0 spiro atoms. The highest BCUT2D eigenvalue weighted by Gasteiger charge is 2.13. The van der Waals surface area contributed by atoms with Crippen LogP contribution in [-0.2, 0) is 0 Å². The zero-order chi connectivity index (χ0) is 11.8. The number of carboxylic acid groups (broad SMARTS) is 1. The molecule has 17 heavy (non-hydrogen) atoms. The molecule has 0 aliphatic rings. The molecule has 3 rings (SSSR count). The minimum atomic E-state index is -1.10. The summed E-state index contributed by atoms with van der Waals surface area (Å²) < 4.78 is 4.98. The van der Waals surface area contributed by atoms with E-state index in [9.17, 15) is 4.79 Å². The van der Waals surface area contributed by atoms with Gasteiger partial charge in [0.05, 0.1) is 5.69 Å². The van der Waals surface area contributed by atoms with Crippen LogP contribution < -0.4 is 0 Å². The first-order valence-corrected chi connectivity index (χ1v) is 5.02. The first-order chi connectivity index (χ1) is 8.24. The quantitative estimate of drug-likeness (QED) is 0.706. The van der Waals surface area contributed by atoms with Gasteiger partial charge >= 0.3 is 5.97 Å². The predicted molar refractivity (Wildman–Crippen MR) is 60.8 cm³/mol. The lowest BCUT2D eigenvalue weighted by Crippen LogP contribution is -1.94. The minimum absolute atomic E-state index is 0.0985. The van der Waals surface area contributed by atoms with Crippen LogP contribution in [0.2, 0.25) is 0 Å². The number of carbonyl (C=O) groups is 1. The molecule has 2 aromatic heterocycles. The third-order valence-corrected chi connectivity index (χ3v) is 2.52. The maximum atomic E-state index is 10.7. The van der Waals surface area contributed by atoms with E-state index in [1.54, 1.807) is 0 Å². The van der Waals surface area contributed by atoms with E-state index in [0.717, 1.165) is 10.9 Å². The lowest BCUT2D eigenvalue weighted by Gasteiger charge is -1.86. The van der Waals surface area contributed by atoms with Crippen LogP contribution in [0.15, 0.2) is 40.9 Å². The van der Waals surface area contributed by atoms with Crippen LogP contribution in [0.3, 0.4) is 0 Å². The molecular weight excluding hydrogens is 220 g/mol. The number of hydrogen-bond donors (Lipinski definition) is 2. The highest BCUT2D eigenvalue weighted by molar-refractivity contribution is 5.88. The Hall–Kier alpha value is -2.56. The molecule has 5 nitrogen and oxygen atoms in total. The van der Waals surface area contributed by atoms with Gasteiger partial charge in [0, 0.05) is 17.0 Å². The van der Waals surface area contributed by atoms with Gasteiger partial charge in [0.25, 0.3) is 0 Å². The van der Waals surface area contributed by atoms with Crippen LogP contribution in [0, 0.1) is 0 Å². The van der Waals surface area contributed by atoms with Crippen molar-refractivity contribution in [1.29, 1.82) is 0 Å². The molecule has 0 saturated carbocycles. The smallest absolute Gasteiger partial charge is 0.358 e. The molecule has 0 unspecified atom stereocenters. The van der Waals surface area contributed by atoms with E-state index in [0.29, 0.717) is 11.5 Å². The van der Waals surface area contributed by atoms with Crippen LogP contribution in [0.4, 0.5) is 0 Å². The first kappa shape index (κ1) is 9.65. The molecule has 0 fully saturated rings. The Balaban J connectivity index is 2.10. The summed E-state index contributed by atoms with van der Waals surface area (Å²) in [7, 11) is 0. The second-order valence-corrected chi connectivity index (χ2v) is 3.65. The molecule has 5 heteroatoms. The molecule has 2 heterocycles. The van der Waals surface area contributed by atoms with Gasteiger partial charge in [-0.3, -0.25) is 0 Å². The van der Waals surface area contributed by atoms with Gasteiger partial charge in [0.2, 0.25) is 0 Å². The number of fused-ring (bicyclic) bond motifs is 1. The van der Waals surface area contributed by atoms with E-state index in [1.165, 1.54) is 6.07 Å². The molecule has 84 valence electrons. The van der Waals surface area contributed by atoms with E-state index < -0.39 is 5.97 Å². The molecule has 0 saturated heterocycles. The second-order valence-electron chi connectivity index (χ2n) is 3.65. The van der Waals surface area contributed by atoms with E-state index in [2.05, 4.69) is 10.1 Å². The molecule has 0 amide bonds. The normalized spacial score (nSPS) is 10.8. The molecular formula is C12H8N2O3. The fourth-order valence-corrected chi connectivity index (χ4v) is 1.71. The highest BCUT2D eigenvalue weighted by Crippen LogP contribution is 2.24. The third kappa shape index (κ3) is 1.57. The summed E-state index contributed by atoms with van der Waals surface area (Å²) in [5.74, 6) is -0.685. The van der Waals surface area contributed by atoms with E-state index in [1.807, 2.05) is 30.3 Å². The Kier molecular flexibility index (Phi) is 1.98. The van der Waals surface area contributed by atoms with E-state index in [-0.39, 0.29) is 5.69 Å². The lowest BCUT2D eigenvalue weighted by molar-refractivity contribution is 0.0686. The van der Waals surface area contributed by atoms with Crippen molar-refractivity contribution in [3.05, 3.63) is 42.1 Å². The topological polar surface area (TPSA) is 79.1 Å². The van der Waals surface area contributed by atoms with Gasteiger partial charge in [-0.15, -0.1) is 0 Å². The van der Waals surface area contributed by atoms with Crippen LogP contribution in [0.5, 0.6) is 0 Å². The third-order valence-electron chi connectivity index (χ3n) is 2.52. The number of nitrogens with zero attached hydrogens (tertiary/aromatic N) is 1. The van der Waals surface area contributed by atoms with Crippen molar-refractivity contribution in [2.75, 3.05) is 0 Å². The molecule has 1 aromatic carbocycles. The molecule has 0 bridgehead atoms. The van der Waals surface area contributed by atoms with Crippen LogP contribution in [0.25, 0.3) is 22.4 Å². The number of para-hydroxylation sites is 1. The SMILES string of the molecule is O=C(O)c1cc(-c2cc3ccccc3[nH]2)on1. The summed E-state index contributed by atoms with van der Waals surface area (Å²) in [6.07, 6.45) is 0. The maximum Gasteiger partial charge on any atom is 0.358 e. The molecule has 0 aliphatic carbocycles. The van der Waals surface area contributed by atoms with Crippen molar-refractivity contribution in [3.8, 4) is 11.5 Å². The predicted octanol–water partition coefficient (Wildman–Crippen LogP) is 2.52. The largest absolute Gasteiger partial charge is 0.476 e. The number of hydrogen-bond acceptors (Lipinski definition) is 3. The second kappa shape index (κ2) is 3.48. The summed E-state index contributed by atoms with van der Waals surface area (Å²) in [6, 6.07) is 11.0. The fourth-order valence-electron chi connectivity index (χ4n) is 1.71. The molecule has 0 aliphatic heterocycles. The van der Waals surface area contributed by atoms with Crippen molar-refractivity contribution >= 4 is 16.9 Å². The average Bonchev–Trinajstić information content (AvgIpc) is 2.95. The summed E-state index contributed by atoms with van der Waals surface area (Å²) in [5.41, 5.74) is 1.58. The summed E-state index contributed by atoms with van der Waals surface area (Å²) in [6.45, 7) is 0. The number of H-pyrrole nitrogens is 1. The van der Waals surface area contributed by atoms with E-state index >= 15 is 0 Å². The summed E-state index contributed by atoms with van der Waals surface area (Å²) in [4.78, 5) is 13.8. The zero-order valence-electron chi connectivity index (χ0n) is 8.68. The van der Waals surface area contributed by atoms with Gasteiger partial charge in [-0.25, -0.2) is 4.79 Å². The van der Waals surface area contributed by atoms with Gasteiger partial charge in [0.1, 0.15) is 0 Å². The van der Waals surface area contributed by atoms with Crippen molar-refractivity contribution in [1.82, 2.24) is 10.1 Å².